The quantitative estimate of drug-likeness (QED) is 0.768. The van der Waals surface area contributed by atoms with Crippen LogP contribution in [0.25, 0.3) is 0 Å². The maximum absolute atomic E-state index is 3.61. The van der Waals surface area contributed by atoms with E-state index >= 15 is 0 Å². The zero-order valence-corrected chi connectivity index (χ0v) is 10.6. The molecule has 0 spiro atoms. The fourth-order valence-electron chi connectivity index (χ4n) is 2.70. The standard InChI is InChI=1S/C13H26N2/c1-11-9-14-13(2,3)10-15(11)8-7-12-5-4-6-12/h11-12,14H,4-10H2,1-3H3. The highest BCUT2D eigenvalue weighted by atomic mass is 15.2. The van der Waals surface area contributed by atoms with Crippen LogP contribution in [0.15, 0.2) is 0 Å². The van der Waals surface area contributed by atoms with Crippen LogP contribution in [0.5, 0.6) is 0 Å². The molecule has 2 nitrogen and oxygen atoms in total. The molecule has 1 saturated heterocycles. The van der Waals surface area contributed by atoms with Gasteiger partial charge in [-0.25, -0.2) is 0 Å². The smallest absolute Gasteiger partial charge is 0.0252 e. The molecular weight excluding hydrogens is 184 g/mol. The Morgan fingerprint density at radius 3 is 2.67 bits per heavy atom. The maximum atomic E-state index is 3.61. The topological polar surface area (TPSA) is 15.3 Å². The Morgan fingerprint density at radius 2 is 2.07 bits per heavy atom. The predicted octanol–water partition coefficient (Wildman–Crippen LogP) is 2.25. The zero-order chi connectivity index (χ0) is 10.9. The molecule has 2 heteroatoms. The first-order chi connectivity index (χ1) is 7.07. The lowest BCUT2D eigenvalue weighted by molar-refractivity contribution is 0.0920. The van der Waals surface area contributed by atoms with Gasteiger partial charge in [0.25, 0.3) is 0 Å². The fraction of sp³-hybridized carbons (Fsp3) is 1.00. The number of rotatable bonds is 3. The second-order valence-electron chi connectivity index (χ2n) is 6.17. The van der Waals surface area contributed by atoms with Gasteiger partial charge in [0.15, 0.2) is 0 Å². The summed E-state index contributed by atoms with van der Waals surface area (Å²) in [6.07, 6.45) is 5.89. The van der Waals surface area contributed by atoms with Gasteiger partial charge in [0.2, 0.25) is 0 Å². The van der Waals surface area contributed by atoms with Crippen molar-refractivity contribution in [3.05, 3.63) is 0 Å². The molecule has 0 amide bonds. The Balaban J connectivity index is 1.77. The van der Waals surface area contributed by atoms with Crippen molar-refractivity contribution in [3.8, 4) is 0 Å². The SMILES string of the molecule is CC1CNC(C)(C)CN1CCC1CCC1. The molecule has 0 aromatic heterocycles. The largest absolute Gasteiger partial charge is 0.309 e. The van der Waals surface area contributed by atoms with Crippen LogP contribution in [0.1, 0.15) is 46.5 Å². The average molecular weight is 210 g/mol. The Labute approximate surface area is 94.4 Å². The molecule has 88 valence electrons. The highest BCUT2D eigenvalue weighted by Gasteiger charge is 2.30. The molecule has 2 fully saturated rings. The lowest BCUT2D eigenvalue weighted by atomic mass is 9.82. The van der Waals surface area contributed by atoms with E-state index in [0.717, 1.165) is 18.5 Å². The number of hydrogen-bond acceptors (Lipinski definition) is 2. The zero-order valence-electron chi connectivity index (χ0n) is 10.6. The summed E-state index contributed by atoms with van der Waals surface area (Å²) in [6, 6.07) is 0.720. The number of piperazine rings is 1. The summed E-state index contributed by atoms with van der Waals surface area (Å²) >= 11 is 0. The van der Waals surface area contributed by atoms with Gasteiger partial charge in [-0.05, 0) is 39.7 Å². The number of hydrogen-bond donors (Lipinski definition) is 1. The van der Waals surface area contributed by atoms with Crippen molar-refractivity contribution in [1.82, 2.24) is 10.2 Å². The van der Waals surface area contributed by atoms with Gasteiger partial charge in [-0.2, -0.15) is 0 Å². The minimum Gasteiger partial charge on any atom is -0.309 e. The van der Waals surface area contributed by atoms with Crippen molar-refractivity contribution in [2.24, 2.45) is 5.92 Å². The second kappa shape index (κ2) is 4.42. The molecule has 0 aromatic carbocycles. The van der Waals surface area contributed by atoms with E-state index in [0.29, 0.717) is 5.54 Å². The Morgan fingerprint density at radius 1 is 1.33 bits per heavy atom. The molecule has 2 rings (SSSR count). The van der Waals surface area contributed by atoms with E-state index < -0.39 is 0 Å². The maximum Gasteiger partial charge on any atom is 0.0252 e. The van der Waals surface area contributed by atoms with Crippen LogP contribution in [0, 0.1) is 5.92 Å². The third-order valence-corrected chi connectivity index (χ3v) is 4.15. The van der Waals surface area contributed by atoms with Crippen molar-refractivity contribution >= 4 is 0 Å². The summed E-state index contributed by atoms with van der Waals surface area (Å²) < 4.78 is 0. The minimum atomic E-state index is 0.312. The van der Waals surface area contributed by atoms with Gasteiger partial charge >= 0.3 is 0 Å². The van der Waals surface area contributed by atoms with E-state index in [1.54, 1.807) is 0 Å². The normalized spacial score (nSPS) is 32.6. The van der Waals surface area contributed by atoms with Gasteiger partial charge in [-0.3, -0.25) is 4.90 Å². The van der Waals surface area contributed by atoms with Gasteiger partial charge in [-0.1, -0.05) is 19.3 Å². The number of nitrogens with one attached hydrogen (secondary N) is 1. The van der Waals surface area contributed by atoms with E-state index in [-0.39, 0.29) is 0 Å². The average Bonchev–Trinajstić information content (AvgIpc) is 2.08. The molecule has 1 N–H and O–H groups in total. The first kappa shape index (κ1) is 11.4. The van der Waals surface area contributed by atoms with Crippen LogP contribution in [-0.4, -0.2) is 36.1 Å². The van der Waals surface area contributed by atoms with Crippen LogP contribution in [0.2, 0.25) is 0 Å². The molecule has 1 saturated carbocycles. The highest BCUT2D eigenvalue weighted by molar-refractivity contribution is 4.90. The summed E-state index contributed by atoms with van der Waals surface area (Å²) in [5.74, 6) is 1.05. The first-order valence-electron chi connectivity index (χ1n) is 6.56. The Kier molecular flexibility index (Phi) is 3.36. The molecule has 2 aliphatic rings. The van der Waals surface area contributed by atoms with Crippen molar-refractivity contribution < 1.29 is 0 Å². The predicted molar refractivity (Wildman–Crippen MR) is 65.1 cm³/mol. The van der Waals surface area contributed by atoms with Crippen LogP contribution in [-0.2, 0) is 0 Å². The summed E-state index contributed by atoms with van der Waals surface area (Å²) in [6.45, 7) is 10.7. The van der Waals surface area contributed by atoms with E-state index in [1.807, 2.05) is 0 Å². The van der Waals surface area contributed by atoms with Gasteiger partial charge < -0.3 is 5.32 Å². The van der Waals surface area contributed by atoms with Gasteiger partial charge in [0.05, 0.1) is 0 Å². The van der Waals surface area contributed by atoms with Gasteiger partial charge in [0, 0.05) is 24.7 Å². The van der Waals surface area contributed by atoms with Crippen LogP contribution < -0.4 is 5.32 Å². The third-order valence-electron chi connectivity index (χ3n) is 4.15. The van der Waals surface area contributed by atoms with Crippen molar-refractivity contribution in [3.63, 3.8) is 0 Å². The second-order valence-corrected chi connectivity index (χ2v) is 6.17. The highest BCUT2D eigenvalue weighted by Crippen LogP contribution is 2.30. The monoisotopic (exact) mass is 210 g/mol. The van der Waals surface area contributed by atoms with Crippen molar-refractivity contribution in [1.29, 1.82) is 0 Å². The van der Waals surface area contributed by atoms with Crippen LogP contribution in [0.4, 0.5) is 0 Å². The molecule has 15 heavy (non-hydrogen) atoms. The van der Waals surface area contributed by atoms with Crippen molar-refractivity contribution in [2.45, 2.75) is 58.0 Å². The van der Waals surface area contributed by atoms with Gasteiger partial charge in [0.1, 0.15) is 0 Å². The molecule has 1 aliphatic heterocycles. The van der Waals surface area contributed by atoms with E-state index in [1.165, 1.54) is 38.8 Å². The summed E-state index contributed by atoms with van der Waals surface area (Å²) in [5, 5.41) is 3.61. The lowest BCUT2D eigenvalue weighted by Gasteiger charge is -2.44. The van der Waals surface area contributed by atoms with E-state index in [2.05, 4.69) is 31.0 Å². The molecule has 0 radical (unpaired) electrons. The molecular formula is C13H26N2. The van der Waals surface area contributed by atoms with Crippen LogP contribution in [0.3, 0.4) is 0 Å². The molecule has 1 heterocycles. The molecule has 1 aliphatic carbocycles. The minimum absolute atomic E-state index is 0.312. The molecule has 1 unspecified atom stereocenters. The summed E-state index contributed by atoms with van der Waals surface area (Å²) in [4.78, 5) is 2.68. The van der Waals surface area contributed by atoms with E-state index in [9.17, 15) is 0 Å². The Hall–Kier alpha value is -0.0800. The summed E-state index contributed by atoms with van der Waals surface area (Å²) in [7, 11) is 0. The molecule has 0 bridgehead atoms. The lowest BCUT2D eigenvalue weighted by Crippen LogP contribution is -2.60. The summed E-state index contributed by atoms with van der Waals surface area (Å²) in [5.41, 5.74) is 0.312. The van der Waals surface area contributed by atoms with E-state index in [4.69, 9.17) is 0 Å². The van der Waals surface area contributed by atoms with Crippen molar-refractivity contribution in [2.75, 3.05) is 19.6 Å². The third kappa shape index (κ3) is 2.94. The van der Waals surface area contributed by atoms with Crippen LogP contribution >= 0.6 is 0 Å². The number of nitrogens with zero attached hydrogens (tertiary/aromatic N) is 1. The molecule has 0 aromatic rings. The first-order valence-corrected chi connectivity index (χ1v) is 6.56. The van der Waals surface area contributed by atoms with Gasteiger partial charge in [-0.15, -0.1) is 0 Å². The fourth-order valence-corrected chi connectivity index (χ4v) is 2.70. The molecule has 1 atom stereocenters. The Bertz CT molecular complexity index is 209.